The quantitative estimate of drug-likeness (QED) is 0.889. The molecule has 0 spiro atoms. The van der Waals surface area contributed by atoms with Gasteiger partial charge in [-0.1, -0.05) is 35.9 Å². The molecule has 0 heterocycles. The summed E-state index contributed by atoms with van der Waals surface area (Å²) in [7, 11) is 0. The van der Waals surface area contributed by atoms with E-state index in [4.69, 9.17) is 17.3 Å². The molecule has 0 saturated carbocycles. The van der Waals surface area contributed by atoms with Crippen LogP contribution in [0.3, 0.4) is 0 Å². The van der Waals surface area contributed by atoms with Crippen molar-refractivity contribution in [2.75, 3.05) is 0 Å². The van der Waals surface area contributed by atoms with Crippen LogP contribution in [0.25, 0.3) is 0 Å². The van der Waals surface area contributed by atoms with Crippen molar-refractivity contribution in [3.8, 4) is 0 Å². The largest absolute Gasteiger partial charge is 0.366 e. The molecule has 5 heteroatoms. The molecule has 110 valence electrons. The zero-order valence-electron chi connectivity index (χ0n) is 11.6. The fourth-order valence-corrected chi connectivity index (χ4v) is 2.34. The first-order chi connectivity index (χ1) is 9.99. The molecule has 2 aromatic carbocycles. The first kappa shape index (κ1) is 15.5. The highest BCUT2D eigenvalue weighted by atomic mass is 35.5. The molecule has 3 nitrogen and oxygen atoms in total. The van der Waals surface area contributed by atoms with Gasteiger partial charge in [0.2, 0.25) is 5.91 Å². The first-order valence-electron chi connectivity index (χ1n) is 6.55. The zero-order chi connectivity index (χ0) is 15.4. The molecule has 1 amide bonds. The Morgan fingerprint density at radius 2 is 2.05 bits per heavy atom. The van der Waals surface area contributed by atoms with Crippen LogP contribution >= 0.6 is 11.6 Å². The van der Waals surface area contributed by atoms with Crippen LogP contribution in [0.2, 0.25) is 5.02 Å². The number of nitrogens with two attached hydrogens (primary N) is 1. The van der Waals surface area contributed by atoms with Gasteiger partial charge in [0.1, 0.15) is 5.82 Å². The molecule has 0 radical (unpaired) electrons. The zero-order valence-corrected chi connectivity index (χ0v) is 12.3. The van der Waals surface area contributed by atoms with Gasteiger partial charge in [-0.05, 0) is 30.7 Å². The monoisotopic (exact) mass is 306 g/mol. The molecule has 3 N–H and O–H groups in total. The van der Waals surface area contributed by atoms with E-state index >= 15 is 0 Å². The van der Waals surface area contributed by atoms with E-state index in [1.165, 1.54) is 6.07 Å². The van der Waals surface area contributed by atoms with Crippen molar-refractivity contribution < 1.29 is 9.18 Å². The topological polar surface area (TPSA) is 55.1 Å². The molecule has 0 aromatic heterocycles. The van der Waals surface area contributed by atoms with E-state index in [0.29, 0.717) is 17.1 Å². The third-order valence-corrected chi connectivity index (χ3v) is 3.65. The Kier molecular flexibility index (Phi) is 4.94. The number of carbonyl (C=O) groups excluding carboxylic acids is 1. The normalized spacial score (nSPS) is 12.1. The Morgan fingerprint density at radius 1 is 1.33 bits per heavy atom. The average Bonchev–Trinajstić information content (AvgIpc) is 2.46. The van der Waals surface area contributed by atoms with Crippen LogP contribution < -0.4 is 11.1 Å². The van der Waals surface area contributed by atoms with Crippen LogP contribution in [0.4, 0.5) is 4.39 Å². The van der Waals surface area contributed by atoms with Crippen LogP contribution in [0.15, 0.2) is 42.5 Å². The molecule has 0 aliphatic heterocycles. The van der Waals surface area contributed by atoms with E-state index in [1.807, 2.05) is 31.2 Å². The van der Waals surface area contributed by atoms with Gasteiger partial charge in [0.15, 0.2) is 0 Å². The lowest BCUT2D eigenvalue weighted by Crippen LogP contribution is -2.19. The maximum atomic E-state index is 13.9. The highest BCUT2D eigenvalue weighted by Crippen LogP contribution is 2.22. The second-order valence-corrected chi connectivity index (χ2v) is 5.20. The molecule has 1 atom stereocenters. The number of hydrogen-bond acceptors (Lipinski definition) is 2. The fourth-order valence-electron chi connectivity index (χ4n) is 2.04. The van der Waals surface area contributed by atoms with Crippen LogP contribution in [-0.2, 0) is 6.54 Å². The standard InChI is InChI=1S/C16H16ClFN2O/c1-10(13-4-2-3-5-14(13)17)20-9-12-7-6-11(16(19)21)8-15(12)18/h2-8,10,20H,9H2,1H3,(H2,19,21). The molecular weight excluding hydrogens is 291 g/mol. The number of amides is 1. The summed E-state index contributed by atoms with van der Waals surface area (Å²) in [5.41, 5.74) is 6.70. The molecular formula is C16H16ClFN2O. The highest BCUT2D eigenvalue weighted by molar-refractivity contribution is 6.31. The van der Waals surface area contributed by atoms with Crippen molar-refractivity contribution >= 4 is 17.5 Å². The van der Waals surface area contributed by atoms with E-state index in [1.54, 1.807) is 6.07 Å². The number of carbonyl (C=O) groups is 1. The second-order valence-electron chi connectivity index (χ2n) is 4.79. The van der Waals surface area contributed by atoms with E-state index < -0.39 is 11.7 Å². The van der Waals surface area contributed by atoms with Gasteiger partial charge in [0, 0.05) is 28.7 Å². The maximum absolute atomic E-state index is 13.9. The predicted molar refractivity (Wildman–Crippen MR) is 81.6 cm³/mol. The lowest BCUT2D eigenvalue weighted by atomic mass is 10.1. The van der Waals surface area contributed by atoms with Gasteiger partial charge < -0.3 is 11.1 Å². The first-order valence-corrected chi connectivity index (χ1v) is 6.93. The Labute approximate surface area is 127 Å². The highest BCUT2D eigenvalue weighted by Gasteiger charge is 2.11. The van der Waals surface area contributed by atoms with Crippen LogP contribution in [-0.4, -0.2) is 5.91 Å². The summed E-state index contributed by atoms with van der Waals surface area (Å²) < 4.78 is 13.9. The molecule has 2 rings (SSSR count). The molecule has 0 bridgehead atoms. The van der Waals surface area contributed by atoms with Crippen molar-refractivity contribution in [1.29, 1.82) is 0 Å². The van der Waals surface area contributed by atoms with Gasteiger partial charge in [-0.3, -0.25) is 4.79 Å². The van der Waals surface area contributed by atoms with Crippen molar-refractivity contribution in [3.05, 3.63) is 70.0 Å². The van der Waals surface area contributed by atoms with Gasteiger partial charge in [0.05, 0.1) is 0 Å². The summed E-state index contributed by atoms with van der Waals surface area (Å²) in [5, 5.41) is 3.87. The third-order valence-electron chi connectivity index (χ3n) is 3.31. The number of halogens is 2. The summed E-state index contributed by atoms with van der Waals surface area (Å²) in [4.78, 5) is 11.0. The van der Waals surface area contributed by atoms with Gasteiger partial charge in [-0.2, -0.15) is 0 Å². The molecule has 0 saturated heterocycles. The van der Waals surface area contributed by atoms with E-state index in [2.05, 4.69) is 5.32 Å². The lowest BCUT2D eigenvalue weighted by Gasteiger charge is -2.16. The summed E-state index contributed by atoms with van der Waals surface area (Å²) >= 11 is 6.12. The Morgan fingerprint density at radius 3 is 2.67 bits per heavy atom. The SMILES string of the molecule is CC(NCc1ccc(C(N)=O)cc1F)c1ccccc1Cl. The summed E-state index contributed by atoms with van der Waals surface area (Å²) in [5.74, 6) is -1.09. The minimum absolute atomic E-state index is 0.0195. The van der Waals surface area contributed by atoms with Crippen molar-refractivity contribution in [1.82, 2.24) is 5.32 Å². The molecule has 0 aliphatic carbocycles. The molecule has 0 aliphatic rings. The molecule has 21 heavy (non-hydrogen) atoms. The van der Waals surface area contributed by atoms with Crippen molar-refractivity contribution in [2.45, 2.75) is 19.5 Å². The van der Waals surface area contributed by atoms with Gasteiger partial charge in [-0.25, -0.2) is 4.39 Å². The predicted octanol–water partition coefficient (Wildman–Crippen LogP) is 3.43. The molecule has 2 aromatic rings. The number of hydrogen-bond donors (Lipinski definition) is 2. The Hall–Kier alpha value is -1.91. The minimum Gasteiger partial charge on any atom is -0.366 e. The fraction of sp³-hybridized carbons (Fsp3) is 0.188. The summed E-state index contributed by atoms with van der Waals surface area (Å²) in [6.45, 7) is 2.29. The molecule has 1 unspecified atom stereocenters. The number of rotatable bonds is 5. The van der Waals surface area contributed by atoms with Crippen LogP contribution in [0.1, 0.15) is 34.5 Å². The smallest absolute Gasteiger partial charge is 0.248 e. The Bertz CT molecular complexity index is 660. The Balaban J connectivity index is 2.06. The van der Waals surface area contributed by atoms with Gasteiger partial charge in [0.25, 0.3) is 0 Å². The van der Waals surface area contributed by atoms with Gasteiger partial charge >= 0.3 is 0 Å². The van der Waals surface area contributed by atoms with E-state index in [-0.39, 0.29) is 11.6 Å². The maximum Gasteiger partial charge on any atom is 0.248 e. The number of benzene rings is 2. The summed E-state index contributed by atoms with van der Waals surface area (Å²) in [6.07, 6.45) is 0. The minimum atomic E-state index is -0.641. The third kappa shape index (κ3) is 3.80. The van der Waals surface area contributed by atoms with Crippen molar-refractivity contribution in [2.24, 2.45) is 5.73 Å². The molecule has 0 fully saturated rings. The average molecular weight is 307 g/mol. The van der Waals surface area contributed by atoms with E-state index in [9.17, 15) is 9.18 Å². The van der Waals surface area contributed by atoms with E-state index in [0.717, 1.165) is 11.6 Å². The van der Waals surface area contributed by atoms with Gasteiger partial charge in [-0.15, -0.1) is 0 Å². The number of nitrogens with one attached hydrogen (secondary N) is 1. The second kappa shape index (κ2) is 6.70. The summed E-state index contributed by atoms with van der Waals surface area (Å²) in [6, 6.07) is 11.7. The number of primary amides is 1. The van der Waals surface area contributed by atoms with Crippen LogP contribution in [0, 0.1) is 5.82 Å². The van der Waals surface area contributed by atoms with Crippen LogP contribution in [0.5, 0.6) is 0 Å². The van der Waals surface area contributed by atoms with Crippen molar-refractivity contribution in [3.63, 3.8) is 0 Å². The lowest BCUT2D eigenvalue weighted by molar-refractivity contribution is 0.1000.